The minimum absolute atomic E-state index is 0.178. The molecule has 1 fully saturated rings. The van der Waals surface area contributed by atoms with Crippen LogP contribution in [0.15, 0.2) is 48.5 Å². The zero-order chi connectivity index (χ0) is 18.6. The fraction of sp³-hybridized carbons (Fsp3) is 0.435. The summed E-state index contributed by atoms with van der Waals surface area (Å²) in [6.45, 7) is 1.91. The van der Waals surface area contributed by atoms with E-state index >= 15 is 0 Å². The number of carbonyl (C=O) groups is 1. The van der Waals surface area contributed by atoms with Crippen molar-refractivity contribution < 1.29 is 14.3 Å². The van der Waals surface area contributed by atoms with Gasteiger partial charge in [0.15, 0.2) is 0 Å². The second-order valence-electron chi connectivity index (χ2n) is 7.63. The van der Waals surface area contributed by atoms with E-state index in [1.54, 1.807) is 0 Å². The summed E-state index contributed by atoms with van der Waals surface area (Å²) in [6, 6.07) is 16.3. The van der Waals surface area contributed by atoms with Crippen molar-refractivity contribution in [3.05, 3.63) is 59.7 Å². The molecule has 0 N–H and O–H groups in total. The van der Waals surface area contributed by atoms with Gasteiger partial charge in [0.05, 0.1) is 12.5 Å². The zero-order valence-electron chi connectivity index (χ0n) is 15.9. The topological polar surface area (TPSA) is 38.8 Å². The van der Waals surface area contributed by atoms with Gasteiger partial charge < -0.3 is 14.4 Å². The van der Waals surface area contributed by atoms with Crippen molar-refractivity contribution in [1.82, 2.24) is 4.90 Å². The molecule has 1 saturated heterocycles. The Balaban J connectivity index is 1.40. The Kier molecular flexibility index (Phi) is 5.44. The highest BCUT2D eigenvalue weighted by molar-refractivity contribution is 5.83. The van der Waals surface area contributed by atoms with Crippen LogP contribution >= 0.6 is 0 Å². The lowest BCUT2D eigenvalue weighted by Crippen LogP contribution is -2.37. The molecule has 0 radical (unpaired) electrons. The first kappa shape index (κ1) is 18.1. The highest BCUT2D eigenvalue weighted by Crippen LogP contribution is 2.35. The van der Waals surface area contributed by atoms with Crippen molar-refractivity contribution in [2.75, 3.05) is 20.2 Å². The quantitative estimate of drug-likeness (QED) is 0.588. The van der Waals surface area contributed by atoms with Crippen LogP contribution in [-0.2, 0) is 11.2 Å². The lowest BCUT2D eigenvalue weighted by atomic mass is 9.90. The second-order valence-corrected chi connectivity index (χ2v) is 7.63. The summed E-state index contributed by atoms with van der Waals surface area (Å²) >= 11 is 0. The molecule has 0 aromatic heterocycles. The van der Waals surface area contributed by atoms with Gasteiger partial charge in [0.25, 0.3) is 0 Å². The van der Waals surface area contributed by atoms with E-state index in [-0.39, 0.29) is 11.9 Å². The van der Waals surface area contributed by atoms with Crippen molar-refractivity contribution in [2.45, 2.75) is 44.1 Å². The molecule has 4 rings (SSSR count). The van der Waals surface area contributed by atoms with Gasteiger partial charge in [-0.15, -0.1) is 0 Å². The molecule has 0 aliphatic carbocycles. The molecule has 4 heteroatoms. The average Bonchev–Trinajstić information content (AvgIpc) is 2.70. The summed E-state index contributed by atoms with van der Waals surface area (Å²) in [4.78, 5) is 14.8. The van der Waals surface area contributed by atoms with E-state index < -0.39 is 0 Å². The number of hydrogen-bond acceptors (Lipinski definition) is 4. The molecule has 2 aromatic rings. The number of benzene rings is 2. The number of piperidine rings is 1. The summed E-state index contributed by atoms with van der Waals surface area (Å²) in [5, 5.41) is 0. The Morgan fingerprint density at radius 1 is 1.15 bits per heavy atom. The number of likely N-dealkylation sites (tertiary alicyclic amines) is 1. The third-order valence-electron chi connectivity index (χ3n) is 5.79. The first-order valence-electron chi connectivity index (χ1n) is 9.93. The molecule has 0 spiro atoms. The molecule has 2 atom stereocenters. The monoisotopic (exact) mass is 365 g/mol. The van der Waals surface area contributed by atoms with Crippen LogP contribution in [0.4, 0.5) is 0 Å². The Morgan fingerprint density at radius 2 is 2.00 bits per heavy atom. The van der Waals surface area contributed by atoms with Crippen LogP contribution in [0.1, 0.15) is 42.7 Å². The predicted octanol–water partition coefficient (Wildman–Crippen LogP) is 4.19. The molecule has 142 valence electrons. The fourth-order valence-corrected chi connectivity index (χ4v) is 4.15. The summed E-state index contributed by atoms with van der Waals surface area (Å²) in [5.41, 5.74) is 2.04. The van der Waals surface area contributed by atoms with Gasteiger partial charge in [-0.2, -0.15) is 0 Å². The molecule has 0 saturated carbocycles. The molecule has 2 aliphatic heterocycles. The summed E-state index contributed by atoms with van der Waals surface area (Å²) in [6.07, 6.45) is 5.59. The first-order valence-corrected chi connectivity index (χ1v) is 9.93. The van der Waals surface area contributed by atoms with Gasteiger partial charge in [0.1, 0.15) is 11.5 Å². The Bertz CT molecular complexity index is 789. The fourth-order valence-electron chi connectivity index (χ4n) is 4.15. The highest BCUT2D eigenvalue weighted by atomic mass is 16.5. The number of nitrogens with zero attached hydrogens (tertiary/aromatic N) is 1. The van der Waals surface area contributed by atoms with E-state index in [1.165, 1.54) is 25.8 Å². The van der Waals surface area contributed by atoms with Crippen LogP contribution in [0.2, 0.25) is 0 Å². The number of rotatable bonds is 5. The highest BCUT2D eigenvalue weighted by Gasteiger charge is 2.30. The standard InChI is InChI=1S/C23H27NO3/c1-24-13-6-5-9-19(24)12-14-26-20-10-11-22-18(15-20)16-21(23(25)27-22)17-7-3-2-4-8-17/h2-4,7-8,10-11,15,19,21H,5-6,9,12-14,16H2,1H3. The van der Waals surface area contributed by atoms with E-state index in [4.69, 9.17) is 9.47 Å². The number of hydrogen-bond donors (Lipinski definition) is 0. The van der Waals surface area contributed by atoms with Gasteiger partial charge in [0, 0.05) is 6.04 Å². The molecular formula is C23H27NO3. The summed E-state index contributed by atoms with van der Waals surface area (Å²) in [7, 11) is 2.21. The predicted molar refractivity (Wildman–Crippen MR) is 105 cm³/mol. The van der Waals surface area contributed by atoms with E-state index in [0.29, 0.717) is 18.2 Å². The Hall–Kier alpha value is -2.33. The van der Waals surface area contributed by atoms with Crippen molar-refractivity contribution in [2.24, 2.45) is 0 Å². The van der Waals surface area contributed by atoms with E-state index in [2.05, 4.69) is 11.9 Å². The van der Waals surface area contributed by atoms with Crippen LogP contribution in [0, 0.1) is 0 Å². The van der Waals surface area contributed by atoms with Crippen LogP contribution in [0.5, 0.6) is 11.5 Å². The lowest BCUT2D eigenvalue weighted by molar-refractivity contribution is -0.137. The summed E-state index contributed by atoms with van der Waals surface area (Å²) in [5.74, 6) is 1.09. The van der Waals surface area contributed by atoms with Crippen molar-refractivity contribution in [3.8, 4) is 11.5 Å². The zero-order valence-corrected chi connectivity index (χ0v) is 15.9. The molecule has 2 unspecified atom stereocenters. The van der Waals surface area contributed by atoms with Crippen LogP contribution < -0.4 is 9.47 Å². The second kappa shape index (κ2) is 8.13. The van der Waals surface area contributed by atoms with Crippen LogP contribution in [-0.4, -0.2) is 37.1 Å². The molecule has 0 amide bonds. The molecule has 27 heavy (non-hydrogen) atoms. The number of fused-ring (bicyclic) bond motifs is 1. The molecule has 2 heterocycles. The average molecular weight is 365 g/mol. The molecule has 4 nitrogen and oxygen atoms in total. The van der Waals surface area contributed by atoms with Crippen molar-refractivity contribution in [3.63, 3.8) is 0 Å². The van der Waals surface area contributed by atoms with Crippen LogP contribution in [0.3, 0.4) is 0 Å². The molecular weight excluding hydrogens is 338 g/mol. The van der Waals surface area contributed by atoms with Gasteiger partial charge in [-0.3, -0.25) is 4.79 Å². The Morgan fingerprint density at radius 3 is 2.81 bits per heavy atom. The van der Waals surface area contributed by atoms with Gasteiger partial charge >= 0.3 is 5.97 Å². The van der Waals surface area contributed by atoms with Crippen molar-refractivity contribution >= 4 is 5.97 Å². The maximum Gasteiger partial charge on any atom is 0.319 e. The number of esters is 1. The first-order chi connectivity index (χ1) is 13.2. The van der Waals surface area contributed by atoms with Gasteiger partial charge in [-0.05, 0) is 68.6 Å². The SMILES string of the molecule is CN1CCCCC1CCOc1ccc2c(c1)CC(c1ccccc1)C(=O)O2. The largest absolute Gasteiger partial charge is 0.494 e. The van der Waals surface area contributed by atoms with E-state index in [0.717, 1.165) is 29.9 Å². The third-order valence-corrected chi connectivity index (χ3v) is 5.79. The minimum Gasteiger partial charge on any atom is -0.494 e. The smallest absolute Gasteiger partial charge is 0.319 e. The van der Waals surface area contributed by atoms with E-state index in [1.807, 2.05) is 48.5 Å². The molecule has 2 aromatic carbocycles. The van der Waals surface area contributed by atoms with Gasteiger partial charge in [-0.1, -0.05) is 36.8 Å². The summed E-state index contributed by atoms with van der Waals surface area (Å²) < 4.78 is 11.6. The van der Waals surface area contributed by atoms with Crippen molar-refractivity contribution in [1.29, 1.82) is 0 Å². The van der Waals surface area contributed by atoms with Gasteiger partial charge in [0.2, 0.25) is 0 Å². The normalized spacial score (nSPS) is 22.8. The lowest BCUT2D eigenvalue weighted by Gasteiger charge is -2.32. The molecule has 0 bridgehead atoms. The van der Waals surface area contributed by atoms with Gasteiger partial charge in [-0.25, -0.2) is 0 Å². The maximum absolute atomic E-state index is 12.4. The third kappa shape index (κ3) is 4.16. The minimum atomic E-state index is -0.246. The van der Waals surface area contributed by atoms with E-state index in [9.17, 15) is 4.79 Å². The molecule has 2 aliphatic rings. The number of carbonyl (C=O) groups excluding carboxylic acids is 1. The van der Waals surface area contributed by atoms with Crippen LogP contribution in [0.25, 0.3) is 0 Å². The number of ether oxygens (including phenoxy) is 2. The Labute approximate surface area is 161 Å². The maximum atomic E-state index is 12.4.